The normalized spacial score (nSPS) is 17.2. The second kappa shape index (κ2) is 6.87. The Morgan fingerprint density at radius 1 is 1.48 bits per heavy atom. The second-order valence-electron chi connectivity index (χ2n) is 5.14. The van der Waals surface area contributed by atoms with E-state index >= 15 is 0 Å². The maximum atomic E-state index is 12.2. The van der Waals surface area contributed by atoms with E-state index in [0.717, 1.165) is 12.8 Å². The first-order valence-corrected chi connectivity index (χ1v) is 7.19. The zero-order chi connectivity index (χ0) is 15.4. The van der Waals surface area contributed by atoms with E-state index in [4.69, 9.17) is 16.3 Å². The van der Waals surface area contributed by atoms with Crippen molar-refractivity contribution in [3.05, 3.63) is 38.9 Å². The Kier molecular flexibility index (Phi) is 5.14. The molecule has 0 aromatic heterocycles. The predicted octanol–water partition coefficient (Wildman–Crippen LogP) is 2.79. The highest BCUT2D eigenvalue weighted by atomic mass is 35.5. The molecule has 1 atom stereocenters. The number of hydrogen-bond acceptors (Lipinski definition) is 4. The number of nitrogens with zero attached hydrogens (tertiary/aromatic N) is 1. The first-order valence-electron chi connectivity index (χ1n) is 6.81. The van der Waals surface area contributed by atoms with E-state index < -0.39 is 4.92 Å². The Labute approximate surface area is 127 Å². The molecule has 0 aliphatic carbocycles. The van der Waals surface area contributed by atoms with E-state index in [9.17, 15) is 14.9 Å². The van der Waals surface area contributed by atoms with Crippen molar-refractivity contribution in [1.29, 1.82) is 0 Å². The van der Waals surface area contributed by atoms with Gasteiger partial charge in [-0.15, -0.1) is 0 Å². The smallest absolute Gasteiger partial charge is 0.287 e. The molecule has 1 saturated heterocycles. The summed E-state index contributed by atoms with van der Waals surface area (Å²) in [6.07, 6.45) is 1.84. The van der Waals surface area contributed by atoms with Crippen LogP contribution in [0.2, 0.25) is 5.02 Å². The fraction of sp³-hybridized carbons (Fsp3) is 0.500. The molecule has 1 amide bonds. The van der Waals surface area contributed by atoms with E-state index in [0.29, 0.717) is 24.7 Å². The fourth-order valence-electron chi connectivity index (χ4n) is 2.42. The number of benzene rings is 1. The monoisotopic (exact) mass is 312 g/mol. The average molecular weight is 313 g/mol. The topological polar surface area (TPSA) is 81.5 Å². The first kappa shape index (κ1) is 15.7. The zero-order valence-electron chi connectivity index (χ0n) is 11.7. The molecule has 21 heavy (non-hydrogen) atoms. The van der Waals surface area contributed by atoms with Gasteiger partial charge in [-0.05, 0) is 37.8 Å². The van der Waals surface area contributed by atoms with Gasteiger partial charge in [-0.25, -0.2) is 0 Å². The van der Waals surface area contributed by atoms with Crippen LogP contribution in [0.4, 0.5) is 5.69 Å². The van der Waals surface area contributed by atoms with Gasteiger partial charge in [0.25, 0.3) is 11.6 Å². The summed E-state index contributed by atoms with van der Waals surface area (Å²) in [5, 5.41) is 13.6. The van der Waals surface area contributed by atoms with Crippen LogP contribution in [0.5, 0.6) is 0 Å². The van der Waals surface area contributed by atoms with Crippen LogP contribution in [0.1, 0.15) is 30.1 Å². The molecule has 1 aromatic rings. The summed E-state index contributed by atoms with van der Waals surface area (Å²) >= 11 is 5.82. The summed E-state index contributed by atoms with van der Waals surface area (Å²) in [6.45, 7) is 3.39. The highest BCUT2D eigenvalue weighted by Crippen LogP contribution is 2.25. The molecule has 0 saturated carbocycles. The molecule has 1 heterocycles. The van der Waals surface area contributed by atoms with Crippen molar-refractivity contribution in [1.82, 2.24) is 5.32 Å². The number of nitro benzene ring substituents is 1. The van der Waals surface area contributed by atoms with Crippen molar-refractivity contribution in [2.75, 3.05) is 13.2 Å². The van der Waals surface area contributed by atoms with Crippen molar-refractivity contribution in [2.45, 2.75) is 25.8 Å². The average Bonchev–Trinajstić information content (AvgIpc) is 2.47. The fourth-order valence-corrected chi connectivity index (χ4v) is 2.67. The molecule has 6 nitrogen and oxygen atoms in total. The quantitative estimate of drug-likeness (QED) is 0.684. The van der Waals surface area contributed by atoms with Crippen LogP contribution in [0, 0.1) is 16.0 Å². The summed E-state index contributed by atoms with van der Waals surface area (Å²) < 4.78 is 5.30. The Hall–Kier alpha value is -1.66. The number of halogens is 1. The van der Waals surface area contributed by atoms with Gasteiger partial charge in [0, 0.05) is 30.9 Å². The van der Waals surface area contributed by atoms with Crippen molar-refractivity contribution in [3.63, 3.8) is 0 Å². The van der Waals surface area contributed by atoms with Gasteiger partial charge in [0.15, 0.2) is 0 Å². The summed E-state index contributed by atoms with van der Waals surface area (Å²) in [4.78, 5) is 22.3. The maximum absolute atomic E-state index is 12.2. The van der Waals surface area contributed by atoms with Gasteiger partial charge in [-0.1, -0.05) is 11.6 Å². The third-order valence-electron chi connectivity index (χ3n) is 3.74. The lowest BCUT2D eigenvalue weighted by atomic mass is 9.93. The molecule has 0 radical (unpaired) electrons. The molecule has 1 aromatic carbocycles. The lowest BCUT2D eigenvalue weighted by Crippen LogP contribution is -2.40. The van der Waals surface area contributed by atoms with Crippen LogP contribution in [0.3, 0.4) is 0 Å². The minimum absolute atomic E-state index is 0.0235. The van der Waals surface area contributed by atoms with E-state index in [1.807, 2.05) is 6.92 Å². The number of rotatable bonds is 4. The third-order valence-corrected chi connectivity index (χ3v) is 4.04. The molecule has 0 bridgehead atoms. The number of hydrogen-bond donors (Lipinski definition) is 1. The summed E-state index contributed by atoms with van der Waals surface area (Å²) in [5.41, 5.74) is 0.121. The Bertz CT molecular complexity index is 544. The summed E-state index contributed by atoms with van der Waals surface area (Å²) in [7, 11) is 0. The number of ether oxygens (including phenoxy) is 1. The van der Waals surface area contributed by atoms with E-state index in [2.05, 4.69) is 5.32 Å². The molecule has 1 aliphatic rings. The Morgan fingerprint density at radius 2 is 2.14 bits per heavy atom. The van der Waals surface area contributed by atoms with E-state index in [1.165, 1.54) is 18.2 Å². The van der Waals surface area contributed by atoms with Crippen molar-refractivity contribution >= 4 is 23.2 Å². The number of amides is 1. The molecule has 1 N–H and O–H groups in total. The largest absolute Gasteiger partial charge is 0.381 e. The van der Waals surface area contributed by atoms with Crippen LogP contribution >= 0.6 is 11.6 Å². The first-order chi connectivity index (χ1) is 9.99. The van der Waals surface area contributed by atoms with Gasteiger partial charge in [-0.3, -0.25) is 14.9 Å². The van der Waals surface area contributed by atoms with E-state index in [1.54, 1.807) is 0 Å². The van der Waals surface area contributed by atoms with Crippen molar-refractivity contribution in [2.24, 2.45) is 5.92 Å². The predicted molar refractivity (Wildman–Crippen MR) is 78.6 cm³/mol. The van der Waals surface area contributed by atoms with Gasteiger partial charge < -0.3 is 10.1 Å². The lowest BCUT2D eigenvalue weighted by Gasteiger charge is -2.28. The lowest BCUT2D eigenvalue weighted by molar-refractivity contribution is -0.384. The van der Waals surface area contributed by atoms with Crippen LogP contribution in [-0.2, 0) is 4.74 Å². The van der Waals surface area contributed by atoms with Gasteiger partial charge in [0.1, 0.15) is 5.02 Å². The number of carbonyl (C=O) groups excluding carboxylic acids is 1. The van der Waals surface area contributed by atoms with Crippen molar-refractivity contribution < 1.29 is 14.5 Å². The van der Waals surface area contributed by atoms with Crippen LogP contribution in [-0.4, -0.2) is 30.1 Å². The van der Waals surface area contributed by atoms with E-state index in [-0.39, 0.29) is 22.7 Å². The molecule has 1 unspecified atom stereocenters. The highest BCUT2D eigenvalue weighted by molar-refractivity contribution is 6.33. The van der Waals surface area contributed by atoms with Gasteiger partial charge in [-0.2, -0.15) is 0 Å². The molecule has 7 heteroatoms. The molecule has 114 valence electrons. The number of nitro groups is 1. The van der Waals surface area contributed by atoms with Crippen LogP contribution in [0.25, 0.3) is 0 Å². The van der Waals surface area contributed by atoms with Gasteiger partial charge >= 0.3 is 0 Å². The minimum Gasteiger partial charge on any atom is -0.381 e. The van der Waals surface area contributed by atoms with Crippen LogP contribution in [0.15, 0.2) is 18.2 Å². The number of carbonyl (C=O) groups is 1. The standard InChI is InChI=1S/C14H17ClN2O4/c1-9(10-4-6-21-7-5-10)16-14(18)11-2-3-13(17(19)20)12(15)8-11/h2-3,8-10H,4-7H2,1H3,(H,16,18). The zero-order valence-corrected chi connectivity index (χ0v) is 12.4. The molecular formula is C14H17ClN2O4. The Morgan fingerprint density at radius 3 is 2.71 bits per heavy atom. The Balaban J connectivity index is 2.02. The molecule has 2 rings (SSSR count). The molecular weight excluding hydrogens is 296 g/mol. The maximum Gasteiger partial charge on any atom is 0.287 e. The second-order valence-corrected chi connectivity index (χ2v) is 5.54. The summed E-state index contributed by atoms with van der Waals surface area (Å²) in [6, 6.07) is 4.01. The number of nitrogens with one attached hydrogen (secondary N) is 1. The summed E-state index contributed by atoms with van der Waals surface area (Å²) in [5.74, 6) is 0.113. The minimum atomic E-state index is -0.575. The molecule has 1 fully saturated rings. The van der Waals surface area contributed by atoms with Gasteiger partial charge in [0.05, 0.1) is 4.92 Å². The van der Waals surface area contributed by atoms with Gasteiger partial charge in [0.2, 0.25) is 0 Å². The molecule has 0 spiro atoms. The molecule has 1 aliphatic heterocycles. The van der Waals surface area contributed by atoms with Crippen LogP contribution < -0.4 is 5.32 Å². The highest BCUT2D eigenvalue weighted by Gasteiger charge is 2.23. The third kappa shape index (κ3) is 3.92. The van der Waals surface area contributed by atoms with Crippen molar-refractivity contribution in [3.8, 4) is 0 Å². The SMILES string of the molecule is CC(NC(=O)c1ccc([N+](=O)[O-])c(Cl)c1)C1CCOCC1.